The Bertz CT molecular complexity index is 223. The van der Waals surface area contributed by atoms with E-state index in [0.29, 0.717) is 12.6 Å². The highest BCUT2D eigenvalue weighted by atomic mass is 16.5. The maximum atomic E-state index is 9.02. The molecule has 0 aromatic rings. The molecule has 1 saturated heterocycles. The second-order valence-electron chi connectivity index (χ2n) is 4.30. The molecule has 1 fully saturated rings. The summed E-state index contributed by atoms with van der Waals surface area (Å²) >= 11 is 0. The molecule has 5 heteroatoms. The van der Waals surface area contributed by atoms with Crippen LogP contribution in [-0.2, 0) is 4.74 Å². The van der Waals surface area contributed by atoms with E-state index >= 15 is 0 Å². The molecule has 1 rings (SSSR count). The molecule has 0 aromatic carbocycles. The number of rotatable bonds is 4. The molecule has 4 N–H and O–H groups in total. The van der Waals surface area contributed by atoms with Crippen molar-refractivity contribution in [3.8, 4) is 0 Å². The number of aliphatic hydroxyl groups is 1. The molecule has 5 nitrogen and oxygen atoms in total. The van der Waals surface area contributed by atoms with E-state index in [1.54, 1.807) is 0 Å². The van der Waals surface area contributed by atoms with Crippen molar-refractivity contribution in [1.82, 2.24) is 4.90 Å². The minimum atomic E-state index is -0.0969. The average molecular weight is 215 g/mol. The third-order valence-electron chi connectivity index (χ3n) is 2.88. The summed E-state index contributed by atoms with van der Waals surface area (Å²) in [5, 5.41) is 16.4. The fourth-order valence-corrected chi connectivity index (χ4v) is 1.69. The van der Waals surface area contributed by atoms with E-state index in [1.807, 2.05) is 6.92 Å². The molecule has 0 radical (unpaired) electrons. The number of nitrogens with zero attached hydrogens (tertiary/aromatic N) is 1. The second-order valence-corrected chi connectivity index (χ2v) is 4.30. The summed E-state index contributed by atoms with van der Waals surface area (Å²) < 4.78 is 5.44. The summed E-state index contributed by atoms with van der Waals surface area (Å²) in [5.74, 6) is 0.277. The first-order valence-corrected chi connectivity index (χ1v) is 5.35. The van der Waals surface area contributed by atoms with Gasteiger partial charge in [-0.25, -0.2) is 0 Å². The maximum absolute atomic E-state index is 9.02. The molecule has 1 aliphatic rings. The van der Waals surface area contributed by atoms with E-state index in [0.717, 1.165) is 13.1 Å². The molecule has 3 atom stereocenters. The van der Waals surface area contributed by atoms with Crippen molar-refractivity contribution in [2.45, 2.75) is 26.0 Å². The van der Waals surface area contributed by atoms with Gasteiger partial charge in [0.05, 0.1) is 25.2 Å². The second kappa shape index (κ2) is 5.44. The fraction of sp³-hybridized carbons (Fsp3) is 0.900. The molecular weight excluding hydrogens is 194 g/mol. The molecule has 1 heterocycles. The van der Waals surface area contributed by atoms with Crippen LogP contribution in [0.25, 0.3) is 0 Å². The van der Waals surface area contributed by atoms with Gasteiger partial charge >= 0.3 is 0 Å². The summed E-state index contributed by atoms with van der Waals surface area (Å²) in [6.45, 7) is 6.19. The number of hydrogen-bond donors (Lipinski definition) is 3. The van der Waals surface area contributed by atoms with Crippen LogP contribution in [0.15, 0.2) is 0 Å². The molecule has 0 amide bonds. The van der Waals surface area contributed by atoms with Gasteiger partial charge in [-0.15, -0.1) is 0 Å². The molecule has 0 aliphatic carbocycles. The van der Waals surface area contributed by atoms with E-state index in [4.69, 9.17) is 21.0 Å². The molecule has 0 spiro atoms. The molecule has 0 bridgehead atoms. The number of ether oxygens (including phenoxy) is 1. The Balaban J connectivity index is 2.47. The van der Waals surface area contributed by atoms with E-state index in [9.17, 15) is 0 Å². The number of hydrogen-bond acceptors (Lipinski definition) is 4. The third-order valence-corrected chi connectivity index (χ3v) is 2.88. The lowest BCUT2D eigenvalue weighted by Gasteiger charge is -2.38. The van der Waals surface area contributed by atoms with Crippen molar-refractivity contribution in [1.29, 1.82) is 5.41 Å². The molecule has 0 aromatic heterocycles. The normalized spacial score (nSPS) is 30.1. The molecular formula is C10H21N3O2. The van der Waals surface area contributed by atoms with Gasteiger partial charge in [-0.3, -0.25) is 10.3 Å². The molecule has 3 unspecified atom stereocenters. The van der Waals surface area contributed by atoms with Crippen LogP contribution in [0.2, 0.25) is 0 Å². The monoisotopic (exact) mass is 215 g/mol. The number of aliphatic hydroxyl groups excluding tert-OH is 1. The van der Waals surface area contributed by atoms with E-state index < -0.39 is 0 Å². The van der Waals surface area contributed by atoms with Gasteiger partial charge in [0.25, 0.3) is 0 Å². The first-order chi connectivity index (χ1) is 7.04. The summed E-state index contributed by atoms with van der Waals surface area (Å²) in [6, 6.07) is 0.328. The van der Waals surface area contributed by atoms with Crippen molar-refractivity contribution in [3.63, 3.8) is 0 Å². The zero-order valence-corrected chi connectivity index (χ0v) is 9.44. The first-order valence-electron chi connectivity index (χ1n) is 5.35. The standard InChI is InChI=1S/C10H21N3O2/c1-7(10(11)12)3-13-4-9(5-14)15-6-8(13)2/h7-9,14H,3-6H2,1-2H3,(H3,11,12). The third kappa shape index (κ3) is 3.44. The van der Waals surface area contributed by atoms with Crippen LogP contribution in [0.1, 0.15) is 13.8 Å². The highest BCUT2D eigenvalue weighted by Gasteiger charge is 2.26. The van der Waals surface area contributed by atoms with Crippen LogP contribution in [-0.4, -0.2) is 54.3 Å². The lowest BCUT2D eigenvalue weighted by Crippen LogP contribution is -2.51. The summed E-state index contributed by atoms with van der Waals surface area (Å²) in [7, 11) is 0. The SMILES string of the molecule is CC(CN1CC(CO)OCC1C)C(=N)N. The van der Waals surface area contributed by atoms with Crippen LogP contribution < -0.4 is 5.73 Å². The van der Waals surface area contributed by atoms with Crippen LogP contribution in [0, 0.1) is 11.3 Å². The van der Waals surface area contributed by atoms with Crippen LogP contribution in [0.3, 0.4) is 0 Å². The van der Waals surface area contributed by atoms with Gasteiger partial charge < -0.3 is 15.6 Å². The van der Waals surface area contributed by atoms with E-state index in [1.165, 1.54) is 0 Å². The van der Waals surface area contributed by atoms with Gasteiger partial charge in [0, 0.05) is 25.0 Å². The van der Waals surface area contributed by atoms with Crippen molar-refractivity contribution in [2.24, 2.45) is 11.7 Å². The zero-order chi connectivity index (χ0) is 11.4. The van der Waals surface area contributed by atoms with E-state index in [-0.39, 0.29) is 24.5 Å². The summed E-state index contributed by atoms with van der Waals surface area (Å²) in [6.07, 6.45) is -0.0969. The Morgan fingerprint density at radius 2 is 2.40 bits per heavy atom. The molecule has 1 aliphatic heterocycles. The van der Waals surface area contributed by atoms with Gasteiger partial charge in [-0.2, -0.15) is 0 Å². The Morgan fingerprint density at radius 1 is 1.73 bits per heavy atom. The Hall–Kier alpha value is -0.650. The predicted octanol–water partition coefficient (Wildman–Crippen LogP) is -0.360. The molecule has 15 heavy (non-hydrogen) atoms. The number of nitrogens with one attached hydrogen (secondary N) is 1. The smallest absolute Gasteiger partial charge is 0.0947 e. The highest BCUT2D eigenvalue weighted by Crippen LogP contribution is 2.13. The van der Waals surface area contributed by atoms with Gasteiger partial charge in [-0.1, -0.05) is 6.92 Å². The number of morpholine rings is 1. The Kier molecular flexibility index (Phi) is 4.50. The molecule has 0 saturated carbocycles. The fourth-order valence-electron chi connectivity index (χ4n) is 1.69. The number of amidine groups is 1. The van der Waals surface area contributed by atoms with Crippen LogP contribution in [0.4, 0.5) is 0 Å². The van der Waals surface area contributed by atoms with Crippen molar-refractivity contribution in [3.05, 3.63) is 0 Å². The lowest BCUT2D eigenvalue weighted by atomic mass is 10.1. The first kappa shape index (κ1) is 12.4. The Morgan fingerprint density at radius 3 is 2.93 bits per heavy atom. The zero-order valence-electron chi connectivity index (χ0n) is 9.44. The van der Waals surface area contributed by atoms with Crippen LogP contribution in [0.5, 0.6) is 0 Å². The van der Waals surface area contributed by atoms with Gasteiger partial charge in [0.1, 0.15) is 0 Å². The van der Waals surface area contributed by atoms with Crippen molar-refractivity contribution in [2.75, 3.05) is 26.3 Å². The molecule has 88 valence electrons. The maximum Gasteiger partial charge on any atom is 0.0947 e. The van der Waals surface area contributed by atoms with E-state index in [2.05, 4.69) is 11.8 Å². The largest absolute Gasteiger partial charge is 0.394 e. The van der Waals surface area contributed by atoms with Gasteiger partial charge in [0.15, 0.2) is 0 Å². The number of nitrogens with two attached hydrogens (primary N) is 1. The van der Waals surface area contributed by atoms with Crippen molar-refractivity contribution < 1.29 is 9.84 Å². The highest BCUT2D eigenvalue weighted by molar-refractivity contribution is 5.79. The van der Waals surface area contributed by atoms with Crippen molar-refractivity contribution >= 4 is 5.84 Å². The van der Waals surface area contributed by atoms with Gasteiger partial charge in [-0.05, 0) is 6.92 Å². The van der Waals surface area contributed by atoms with Gasteiger partial charge in [0.2, 0.25) is 0 Å². The van der Waals surface area contributed by atoms with Crippen LogP contribution >= 0.6 is 0 Å². The summed E-state index contributed by atoms with van der Waals surface area (Å²) in [4.78, 5) is 2.22. The summed E-state index contributed by atoms with van der Waals surface area (Å²) in [5.41, 5.74) is 5.44. The Labute approximate surface area is 90.7 Å². The topological polar surface area (TPSA) is 82.6 Å². The minimum Gasteiger partial charge on any atom is -0.394 e. The average Bonchev–Trinajstić information content (AvgIpc) is 2.21. The minimum absolute atomic E-state index is 0.0532. The predicted molar refractivity (Wildman–Crippen MR) is 58.9 cm³/mol. The quantitative estimate of drug-likeness (QED) is 0.442. The lowest BCUT2D eigenvalue weighted by molar-refractivity contribution is -0.0792.